The largest absolute Gasteiger partial charge is 0.454 e. The van der Waals surface area contributed by atoms with E-state index < -0.39 is 5.60 Å². The monoisotopic (exact) mass is 441 g/mol. The van der Waals surface area contributed by atoms with E-state index in [4.69, 9.17) is 9.15 Å². The van der Waals surface area contributed by atoms with Gasteiger partial charge in [-0.1, -0.05) is 12.1 Å². The van der Waals surface area contributed by atoms with Gasteiger partial charge in [-0.25, -0.2) is 0 Å². The van der Waals surface area contributed by atoms with Crippen molar-refractivity contribution in [1.82, 2.24) is 14.9 Å². The third kappa shape index (κ3) is 3.32. The predicted molar refractivity (Wildman–Crippen MR) is 122 cm³/mol. The highest BCUT2D eigenvalue weighted by Gasteiger charge is 2.49. The van der Waals surface area contributed by atoms with Crippen LogP contribution in [0, 0.1) is 0 Å². The van der Waals surface area contributed by atoms with Crippen LogP contribution in [0.4, 0.5) is 0 Å². The molecule has 0 saturated carbocycles. The number of carbonyl (C=O) groups is 1. The summed E-state index contributed by atoms with van der Waals surface area (Å²) in [5, 5.41) is 10.3. The summed E-state index contributed by atoms with van der Waals surface area (Å²) in [6.45, 7) is 4.73. The summed E-state index contributed by atoms with van der Waals surface area (Å²) < 4.78 is 11.6. The van der Waals surface area contributed by atoms with Crippen molar-refractivity contribution in [3.8, 4) is 22.5 Å². The molecule has 5 heterocycles. The number of likely N-dealkylation sites (tertiary alicyclic amines) is 1. The Kier molecular flexibility index (Phi) is 4.40. The van der Waals surface area contributed by atoms with Gasteiger partial charge in [-0.15, -0.1) is 0 Å². The second-order valence-electron chi connectivity index (χ2n) is 9.15. The van der Waals surface area contributed by atoms with Gasteiger partial charge in [0.2, 0.25) is 0 Å². The number of hydrogen-bond donors (Lipinski definition) is 1. The van der Waals surface area contributed by atoms with Gasteiger partial charge < -0.3 is 19.2 Å². The lowest BCUT2D eigenvalue weighted by Crippen LogP contribution is -2.71. The number of aliphatic hydroxyl groups is 1. The van der Waals surface area contributed by atoms with E-state index in [-0.39, 0.29) is 18.1 Å². The second kappa shape index (κ2) is 7.23. The molecule has 7 heteroatoms. The van der Waals surface area contributed by atoms with E-state index in [1.807, 2.05) is 53.4 Å². The molecule has 0 bridgehead atoms. The van der Waals surface area contributed by atoms with E-state index in [0.717, 1.165) is 22.2 Å². The molecule has 166 valence electrons. The van der Waals surface area contributed by atoms with Crippen molar-refractivity contribution in [2.24, 2.45) is 0 Å². The molecule has 1 N–H and O–H groups in total. The summed E-state index contributed by atoms with van der Waals surface area (Å²) >= 11 is 0. The summed E-state index contributed by atoms with van der Waals surface area (Å²) in [6, 6.07) is 15.3. The topological polar surface area (TPSA) is 88.7 Å². The molecular weight excluding hydrogens is 418 g/mol. The molecule has 3 aromatic heterocycles. The van der Waals surface area contributed by atoms with Crippen LogP contribution in [-0.4, -0.2) is 51.2 Å². The van der Waals surface area contributed by atoms with Crippen LogP contribution in [-0.2, 0) is 10.3 Å². The van der Waals surface area contributed by atoms with E-state index in [1.165, 1.54) is 0 Å². The lowest BCUT2D eigenvalue weighted by molar-refractivity contribution is -0.195. The number of morpholine rings is 1. The first kappa shape index (κ1) is 20.1. The van der Waals surface area contributed by atoms with Gasteiger partial charge in [0.05, 0.1) is 24.4 Å². The number of amides is 1. The minimum Gasteiger partial charge on any atom is -0.454 e. The number of ether oxygens (including phenoxy) is 1. The Hall–Kier alpha value is -3.55. The van der Waals surface area contributed by atoms with Gasteiger partial charge in [-0.05, 0) is 49.7 Å². The standard InChI is InChI=1S/C26H23N3O4/c1-26(2,31)23-11-17(7-9-28-23)18-8-10-27-19-12-21(33-24(18)19)15-3-5-16(6-4-15)25(30)29-13-22-20(29)14-32-22/h3-12,20,22,31H,13-14H2,1-2H3. The minimum absolute atomic E-state index is 0.0416. The maximum Gasteiger partial charge on any atom is 0.254 e. The summed E-state index contributed by atoms with van der Waals surface area (Å²) in [5.41, 5.74) is 4.24. The molecule has 33 heavy (non-hydrogen) atoms. The molecule has 2 unspecified atom stereocenters. The Balaban J connectivity index is 1.32. The molecule has 7 nitrogen and oxygen atoms in total. The molecule has 2 saturated heterocycles. The SMILES string of the molecule is CC(C)(O)c1cc(-c2ccnc3cc(-c4ccc(C(=O)N5CC6OCC65)cc4)oc23)ccn1. The number of hydrogen-bond acceptors (Lipinski definition) is 6. The molecule has 0 spiro atoms. The number of pyridine rings is 2. The Morgan fingerprint density at radius 3 is 2.52 bits per heavy atom. The van der Waals surface area contributed by atoms with Crippen LogP contribution in [0.1, 0.15) is 29.9 Å². The first-order chi connectivity index (χ1) is 15.9. The zero-order valence-corrected chi connectivity index (χ0v) is 18.4. The first-order valence-electron chi connectivity index (χ1n) is 11.0. The van der Waals surface area contributed by atoms with Gasteiger partial charge in [0.15, 0.2) is 5.58 Å². The fraction of sp³-hybridized carbons (Fsp3) is 0.269. The summed E-state index contributed by atoms with van der Waals surface area (Å²) in [6.07, 6.45) is 3.66. The molecule has 4 aromatic rings. The van der Waals surface area contributed by atoms with Crippen molar-refractivity contribution in [2.75, 3.05) is 13.2 Å². The van der Waals surface area contributed by atoms with Crippen LogP contribution in [0.15, 0.2) is 65.3 Å². The fourth-order valence-electron chi connectivity index (χ4n) is 4.39. The Bertz CT molecular complexity index is 1370. The van der Waals surface area contributed by atoms with Gasteiger partial charge in [0.1, 0.15) is 16.9 Å². The van der Waals surface area contributed by atoms with Crippen molar-refractivity contribution in [3.63, 3.8) is 0 Å². The van der Waals surface area contributed by atoms with Gasteiger partial charge in [0, 0.05) is 41.7 Å². The molecule has 2 aliphatic heterocycles. The highest BCUT2D eigenvalue weighted by molar-refractivity contribution is 5.96. The number of rotatable bonds is 4. The van der Waals surface area contributed by atoms with Crippen LogP contribution in [0.3, 0.4) is 0 Å². The third-order valence-corrected chi connectivity index (χ3v) is 6.47. The first-order valence-corrected chi connectivity index (χ1v) is 11.0. The Morgan fingerprint density at radius 2 is 1.85 bits per heavy atom. The zero-order chi connectivity index (χ0) is 22.7. The fourth-order valence-corrected chi connectivity index (χ4v) is 4.39. The summed E-state index contributed by atoms with van der Waals surface area (Å²) in [7, 11) is 0. The Labute approximate surface area is 190 Å². The average Bonchev–Trinajstić information content (AvgIpc) is 3.24. The van der Waals surface area contributed by atoms with E-state index in [0.29, 0.717) is 35.8 Å². The third-order valence-electron chi connectivity index (χ3n) is 6.47. The van der Waals surface area contributed by atoms with Crippen LogP contribution >= 0.6 is 0 Å². The van der Waals surface area contributed by atoms with Crippen LogP contribution < -0.4 is 0 Å². The number of carbonyl (C=O) groups excluding carboxylic acids is 1. The normalized spacial score (nSPS) is 19.7. The molecule has 1 aromatic carbocycles. The molecule has 6 rings (SSSR count). The lowest BCUT2D eigenvalue weighted by atomic mass is 9.93. The lowest BCUT2D eigenvalue weighted by Gasteiger charge is -2.54. The van der Waals surface area contributed by atoms with Crippen molar-refractivity contribution < 1.29 is 19.1 Å². The molecule has 2 fully saturated rings. The summed E-state index contributed by atoms with van der Waals surface area (Å²) in [5.74, 6) is 0.720. The van der Waals surface area contributed by atoms with E-state index in [2.05, 4.69) is 9.97 Å². The quantitative estimate of drug-likeness (QED) is 0.515. The molecule has 0 radical (unpaired) electrons. The van der Waals surface area contributed by atoms with Gasteiger partial charge in [-0.3, -0.25) is 14.8 Å². The van der Waals surface area contributed by atoms with Gasteiger partial charge >= 0.3 is 0 Å². The van der Waals surface area contributed by atoms with E-state index in [1.54, 1.807) is 26.2 Å². The predicted octanol–water partition coefficient (Wildman–Crippen LogP) is 4.01. The van der Waals surface area contributed by atoms with Gasteiger partial charge in [0.25, 0.3) is 5.91 Å². The van der Waals surface area contributed by atoms with Crippen molar-refractivity contribution in [2.45, 2.75) is 31.6 Å². The number of benzene rings is 1. The maximum atomic E-state index is 12.7. The van der Waals surface area contributed by atoms with Gasteiger partial charge in [-0.2, -0.15) is 0 Å². The highest BCUT2D eigenvalue weighted by Crippen LogP contribution is 2.35. The minimum atomic E-state index is -1.04. The van der Waals surface area contributed by atoms with Crippen molar-refractivity contribution in [1.29, 1.82) is 0 Å². The molecular formula is C26H23N3O4. The van der Waals surface area contributed by atoms with E-state index >= 15 is 0 Å². The van der Waals surface area contributed by atoms with E-state index in [9.17, 15) is 9.90 Å². The summed E-state index contributed by atoms with van der Waals surface area (Å²) in [4.78, 5) is 23.3. The molecule has 2 atom stereocenters. The van der Waals surface area contributed by atoms with Crippen molar-refractivity contribution >= 4 is 17.0 Å². The number of furan rings is 1. The van der Waals surface area contributed by atoms with Crippen LogP contribution in [0.25, 0.3) is 33.6 Å². The molecule has 0 aliphatic carbocycles. The number of nitrogens with zero attached hydrogens (tertiary/aromatic N) is 3. The number of aromatic nitrogens is 2. The average molecular weight is 441 g/mol. The second-order valence-corrected chi connectivity index (χ2v) is 9.15. The number of fused-ring (bicyclic) bond motifs is 2. The van der Waals surface area contributed by atoms with Crippen LogP contribution in [0.5, 0.6) is 0 Å². The van der Waals surface area contributed by atoms with Crippen molar-refractivity contribution in [3.05, 3.63) is 72.2 Å². The zero-order valence-electron chi connectivity index (χ0n) is 18.4. The van der Waals surface area contributed by atoms with Crippen LogP contribution in [0.2, 0.25) is 0 Å². The molecule has 1 amide bonds. The maximum absolute atomic E-state index is 12.7. The smallest absolute Gasteiger partial charge is 0.254 e. The Morgan fingerprint density at radius 1 is 1.06 bits per heavy atom. The highest BCUT2D eigenvalue weighted by atomic mass is 16.5. The molecule has 2 aliphatic rings.